The van der Waals surface area contributed by atoms with E-state index in [1.807, 2.05) is 55.6 Å². The van der Waals surface area contributed by atoms with Gasteiger partial charge in [0.15, 0.2) is 11.5 Å². The van der Waals surface area contributed by atoms with Crippen molar-refractivity contribution in [1.29, 1.82) is 0 Å². The molecule has 2 N–H and O–H groups in total. The maximum absolute atomic E-state index is 12.9. The van der Waals surface area contributed by atoms with Gasteiger partial charge in [0.05, 0.1) is 13.2 Å². The molecule has 3 aromatic rings. The van der Waals surface area contributed by atoms with Crippen molar-refractivity contribution < 1.29 is 19.1 Å². The molecule has 0 atom stereocenters. The predicted molar refractivity (Wildman–Crippen MR) is 127 cm³/mol. The monoisotopic (exact) mass is 450 g/mol. The van der Waals surface area contributed by atoms with Crippen LogP contribution in [0.3, 0.4) is 0 Å². The average molecular weight is 451 g/mol. The Morgan fingerprint density at radius 2 is 1.69 bits per heavy atom. The van der Waals surface area contributed by atoms with Crippen LogP contribution in [-0.2, 0) is 11.3 Å². The summed E-state index contributed by atoms with van der Waals surface area (Å²) in [6.07, 6.45) is 1.67. The Morgan fingerprint density at radius 1 is 0.938 bits per heavy atom. The van der Waals surface area contributed by atoms with Gasteiger partial charge in [0.25, 0.3) is 11.8 Å². The van der Waals surface area contributed by atoms with Crippen LogP contribution in [0.15, 0.2) is 71.7 Å². The molecule has 166 valence electrons. The second-order valence-corrected chi connectivity index (χ2v) is 7.70. The summed E-state index contributed by atoms with van der Waals surface area (Å²) >= 11 is 1.48. The van der Waals surface area contributed by atoms with Crippen molar-refractivity contribution in [3.63, 3.8) is 0 Å². The summed E-state index contributed by atoms with van der Waals surface area (Å²) in [6.45, 7) is 5.13. The molecule has 0 aliphatic carbocycles. The summed E-state index contributed by atoms with van der Waals surface area (Å²) in [5, 5.41) is 7.52. The molecule has 0 saturated carbocycles. The number of carbonyl (C=O) groups excluding carboxylic acids is 2. The largest absolute Gasteiger partial charge is 0.490 e. The zero-order valence-corrected chi connectivity index (χ0v) is 18.9. The van der Waals surface area contributed by atoms with Gasteiger partial charge in [0.2, 0.25) is 0 Å². The van der Waals surface area contributed by atoms with Crippen LogP contribution in [0.4, 0.5) is 0 Å². The second kappa shape index (κ2) is 11.7. The lowest BCUT2D eigenvalue weighted by atomic mass is 10.2. The first-order valence-corrected chi connectivity index (χ1v) is 11.3. The number of nitrogens with one attached hydrogen (secondary N) is 2. The van der Waals surface area contributed by atoms with Gasteiger partial charge in [0, 0.05) is 17.0 Å². The third-order valence-electron chi connectivity index (χ3n) is 4.42. The minimum atomic E-state index is -0.380. The van der Waals surface area contributed by atoms with Gasteiger partial charge in [-0.3, -0.25) is 9.59 Å². The van der Waals surface area contributed by atoms with E-state index >= 15 is 0 Å². The zero-order valence-electron chi connectivity index (χ0n) is 18.1. The smallest absolute Gasteiger partial charge is 0.268 e. The van der Waals surface area contributed by atoms with Crippen LogP contribution in [0, 0.1) is 0 Å². The van der Waals surface area contributed by atoms with Crippen LogP contribution < -0.4 is 20.1 Å². The lowest BCUT2D eigenvalue weighted by molar-refractivity contribution is -0.117. The standard InChI is InChI=1S/C25H26N2O4S/c1-3-30-22-13-12-18(15-23(22)31-4-2)17-26-25(29)21(16-20-11-8-14-32-20)27-24(28)19-9-6-5-7-10-19/h5-16H,3-4,17H2,1-2H3,(H,26,29)(H,27,28)/b21-16-. The number of carbonyl (C=O) groups is 2. The molecule has 0 unspecified atom stereocenters. The van der Waals surface area contributed by atoms with Gasteiger partial charge in [-0.25, -0.2) is 0 Å². The number of ether oxygens (including phenoxy) is 2. The highest BCUT2D eigenvalue weighted by Crippen LogP contribution is 2.28. The topological polar surface area (TPSA) is 76.7 Å². The maximum Gasteiger partial charge on any atom is 0.268 e. The Hall–Kier alpha value is -3.58. The van der Waals surface area contributed by atoms with E-state index in [4.69, 9.17) is 9.47 Å². The van der Waals surface area contributed by atoms with Crippen LogP contribution in [0.1, 0.15) is 34.6 Å². The van der Waals surface area contributed by atoms with Crippen LogP contribution in [0.5, 0.6) is 11.5 Å². The molecule has 0 radical (unpaired) electrons. The molecule has 2 amide bonds. The first-order chi connectivity index (χ1) is 15.6. The van der Waals surface area contributed by atoms with Crippen LogP contribution in [-0.4, -0.2) is 25.0 Å². The van der Waals surface area contributed by atoms with E-state index in [0.29, 0.717) is 30.3 Å². The maximum atomic E-state index is 12.9. The molecular formula is C25H26N2O4S. The highest BCUT2D eigenvalue weighted by Gasteiger charge is 2.15. The van der Waals surface area contributed by atoms with Crippen molar-refractivity contribution in [2.75, 3.05) is 13.2 Å². The molecule has 1 heterocycles. The lowest BCUT2D eigenvalue weighted by Gasteiger charge is -2.14. The molecule has 3 rings (SSSR count). The Labute approximate surface area is 191 Å². The molecule has 7 heteroatoms. The van der Waals surface area contributed by atoms with Crippen molar-refractivity contribution in [3.8, 4) is 11.5 Å². The number of benzene rings is 2. The highest BCUT2D eigenvalue weighted by molar-refractivity contribution is 7.10. The molecule has 0 aliphatic heterocycles. The zero-order chi connectivity index (χ0) is 22.8. The number of amides is 2. The number of hydrogen-bond acceptors (Lipinski definition) is 5. The summed E-state index contributed by atoms with van der Waals surface area (Å²) in [6, 6.07) is 18.1. The van der Waals surface area contributed by atoms with E-state index < -0.39 is 0 Å². The second-order valence-electron chi connectivity index (χ2n) is 6.72. The van der Waals surface area contributed by atoms with Gasteiger partial charge in [0.1, 0.15) is 5.70 Å². The van der Waals surface area contributed by atoms with Gasteiger partial charge in [-0.15, -0.1) is 11.3 Å². The molecule has 0 aliphatic rings. The van der Waals surface area contributed by atoms with Crippen LogP contribution in [0.2, 0.25) is 0 Å². The molecule has 1 aromatic heterocycles. The Balaban J connectivity index is 1.74. The van der Waals surface area contributed by atoms with Crippen molar-refractivity contribution in [3.05, 3.63) is 87.7 Å². The van der Waals surface area contributed by atoms with Gasteiger partial charge >= 0.3 is 0 Å². The molecular weight excluding hydrogens is 424 g/mol. The third-order valence-corrected chi connectivity index (χ3v) is 5.24. The molecule has 0 saturated heterocycles. The number of thiophene rings is 1. The van der Waals surface area contributed by atoms with Gasteiger partial charge in [-0.2, -0.15) is 0 Å². The predicted octanol–water partition coefficient (Wildman–Crippen LogP) is 4.63. The molecule has 0 spiro atoms. The minimum absolute atomic E-state index is 0.178. The summed E-state index contributed by atoms with van der Waals surface area (Å²) < 4.78 is 11.2. The molecule has 2 aromatic carbocycles. The Bertz CT molecular complexity index is 1060. The molecule has 0 fully saturated rings. The minimum Gasteiger partial charge on any atom is -0.490 e. The summed E-state index contributed by atoms with van der Waals surface area (Å²) in [7, 11) is 0. The van der Waals surface area contributed by atoms with Crippen molar-refractivity contribution in [2.45, 2.75) is 20.4 Å². The van der Waals surface area contributed by atoms with E-state index in [9.17, 15) is 9.59 Å². The van der Waals surface area contributed by atoms with E-state index in [-0.39, 0.29) is 24.1 Å². The SMILES string of the molecule is CCOc1ccc(CNC(=O)/C(=C/c2cccs2)NC(=O)c2ccccc2)cc1OCC. The first-order valence-electron chi connectivity index (χ1n) is 10.4. The van der Waals surface area contributed by atoms with Gasteiger partial charge < -0.3 is 20.1 Å². The molecule has 6 nitrogen and oxygen atoms in total. The van der Waals surface area contributed by atoms with Crippen molar-refractivity contribution in [2.24, 2.45) is 0 Å². The fourth-order valence-corrected chi connectivity index (χ4v) is 3.60. The normalized spacial score (nSPS) is 11.0. The Kier molecular flexibility index (Phi) is 8.45. The third kappa shape index (κ3) is 6.46. The summed E-state index contributed by atoms with van der Waals surface area (Å²) in [5.74, 6) is 0.573. The lowest BCUT2D eigenvalue weighted by Crippen LogP contribution is -2.34. The number of hydrogen-bond donors (Lipinski definition) is 2. The van der Waals surface area contributed by atoms with Crippen LogP contribution in [0.25, 0.3) is 6.08 Å². The molecule has 32 heavy (non-hydrogen) atoms. The fraction of sp³-hybridized carbons (Fsp3) is 0.200. The van der Waals surface area contributed by atoms with E-state index in [2.05, 4.69) is 10.6 Å². The van der Waals surface area contributed by atoms with E-state index in [0.717, 1.165) is 10.4 Å². The van der Waals surface area contributed by atoms with Gasteiger partial charge in [-0.05, 0) is 61.2 Å². The van der Waals surface area contributed by atoms with Crippen molar-refractivity contribution in [1.82, 2.24) is 10.6 Å². The number of rotatable bonds is 10. The quantitative estimate of drug-likeness (QED) is 0.442. The average Bonchev–Trinajstić information content (AvgIpc) is 3.32. The van der Waals surface area contributed by atoms with Crippen LogP contribution >= 0.6 is 11.3 Å². The Morgan fingerprint density at radius 3 is 2.38 bits per heavy atom. The van der Waals surface area contributed by atoms with Gasteiger partial charge in [-0.1, -0.05) is 30.3 Å². The fourth-order valence-electron chi connectivity index (χ4n) is 2.94. The van der Waals surface area contributed by atoms with E-state index in [1.54, 1.807) is 30.3 Å². The first kappa shape index (κ1) is 23.1. The molecule has 0 bridgehead atoms. The summed E-state index contributed by atoms with van der Waals surface area (Å²) in [5.41, 5.74) is 1.51. The highest BCUT2D eigenvalue weighted by atomic mass is 32.1. The van der Waals surface area contributed by atoms with Crippen molar-refractivity contribution >= 4 is 29.2 Å². The van der Waals surface area contributed by atoms with E-state index in [1.165, 1.54) is 11.3 Å². The summed E-state index contributed by atoms with van der Waals surface area (Å²) in [4.78, 5) is 26.4.